The summed E-state index contributed by atoms with van der Waals surface area (Å²) < 4.78 is 11.4. The average Bonchev–Trinajstić information content (AvgIpc) is 2.96. The lowest BCUT2D eigenvalue weighted by molar-refractivity contribution is -0.131. The minimum Gasteiger partial charge on any atom is -0.478 e. The number of hydrogen-bond donors (Lipinski definition) is 2. The fourth-order valence-corrected chi connectivity index (χ4v) is 3.19. The summed E-state index contributed by atoms with van der Waals surface area (Å²) in [5, 5.41) is 17.9. The quantitative estimate of drug-likeness (QED) is 0.680. The van der Waals surface area contributed by atoms with Crippen molar-refractivity contribution in [2.75, 3.05) is 13.2 Å². The van der Waals surface area contributed by atoms with E-state index in [4.69, 9.17) is 14.6 Å². The first kappa shape index (κ1) is 14.5. The van der Waals surface area contributed by atoms with Crippen molar-refractivity contribution in [3.05, 3.63) is 12.2 Å². The van der Waals surface area contributed by atoms with Gasteiger partial charge in [0.1, 0.15) is 0 Å². The van der Waals surface area contributed by atoms with Gasteiger partial charge in [0, 0.05) is 25.2 Å². The van der Waals surface area contributed by atoms with Crippen LogP contribution in [-0.2, 0) is 14.3 Å². The van der Waals surface area contributed by atoms with Crippen molar-refractivity contribution in [2.45, 2.75) is 44.5 Å². The Morgan fingerprint density at radius 1 is 1.42 bits per heavy atom. The van der Waals surface area contributed by atoms with Crippen LogP contribution in [0.5, 0.6) is 0 Å². The summed E-state index contributed by atoms with van der Waals surface area (Å²) >= 11 is 0. The minimum atomic E-state index is -0.961. The van der Waals surface area contributed by atoms with Crippen LogP contribution in [0.2, 0.25) is 0 Å². The van der Waals surface area contributed by atoms with Crippen molar-refractivity contribution in [3.8, 4) is 0 Å². The van der Waals surface area contributed by atoms with Crippen molar-refractivity contribution in [1.29, 1.82) is 0 Å². The molecule has 2 rings (SSSR count). The van der Waals surface area contributed by atoms with E-state index >= 15 is 0 Å². The summed E-state index contributed by atoms with van der Waals surface area (Å²) in [6.45, 7) is 2.57. The molecule has 0 radical (unpaired) electrons. The lowest BCUT2D eigenvalue weighted by atomic mass is 9.78. The fourth-order valence-electron chi connectivity index (χ4n) is 3.19. The van der Waals surface area contributed by atoms with Crippen LogP contribution in [0.15, 0.2) is 12.2 Å². The van der Waals surface area contributed by atoms with E-state index in [1.807, 2.05) is 6.92 Å². The summed E-state index contributed by atoms with van der Waals surface area (Å²) in [6.07, 6.45) is 5.93. The van der Waals surface area contributed by atoms with E-state index in [0.29, 0.717) is 12.5 Å². The zero-order chi connectivity index (χ0) is 13.8. The Morgan fingerprint density at radius 2 is 2.11 bits per heavy atom. The largest absolute Gasteiger partial charge is 0.478 e. The molecule has 0 amide bonds. The molecule has 2 N–H and O–H groups in total. The van der Waals surface area contributed by atoms with Crippen molar-refractivity contribution < 1.29 is 24.5 Å². The first-order valence-corrected chi connectivity index (χ1v) is 6.91. The molecular weight excluding hydrogens is 248 g/mol. The number of aliphatic hydroxyl groups is 1. The second kappa shape index (κ2) is 6.50. The first-order valence-electron chi connectivity index (χ1n) is 6.91. The van der Waals surface area contributed by atoms with Crippen molar-refractivity contribution >= 4 is 5.97 Å². The summed E-state index contributed by atoms with van der Waals surface area (Å²) in [5.41, 5.74) is 0. The van der Waals surface area contributed by atoms with Gasteiger partial charge in [-0.1, -0.05) is 0 Å². The Hall–Kier alpha value is -0.910. The summed E-state index contributed by atoms with van der Waals surface area (Å²) in [7, 11) is 0. The molecule has 2 bridgehead atoms. The first-order chi connectivity index (χ1) is 9.11. The number of fused-ring (bicyclic) bond motifs is 2. The minimum absolute atomic E-state index is 0.181. The molecule has 2 aliphatic heterocycles. The zero-order valence-corrected chi connectivity index (χ0v) is 11.2. The van der Waals surface area contributed by atoms with E-state index in [-0.39, 0.29) is 30.8 Å². The van der Waals surface area contributed by atoms with Crippen LogP contribution in [0.4, 0.5) is 0 Å². The third kappa shape index (κ3) is 3.55. The molecule has 0 aromatic carbocycles. The Morgan fingerprint density at radius 3 is 2.74 bits per heavy atom. The highest BCUT2D eigenvalue weighted by Gasteiger charge is 2.47. The highest BCUT2D eigenvalue weighted by molar-refractivity contribution is 5.79. The average molecular weight is 270 g/mol. The van der Waals surface area contributed by atoms with Gasteiger partial charge < -0.3 is 19.7 Å². The predicted molar refractivity (Wildman–Crippen MR) is 68.8 cm³/mol. The van der Waals surface area contributed by atoms with Gasteiger partial charge in [-0.05, 0) is 38.2 Å². The van der Waals surface area contributed by atoms with Crippen molar-refractivity contribution in [1.82, 2.24) is 0 Å². The standard InChI is InChI=1S/C14H22O5/c1-9(2-5-14(16)17)18-7-6-10-11(8-15)13-4-3-12(10)19-13/h2,5,9-13,15H,3-4,6-8H2,1H3,(H,16,17)/t9-,10-,11+,12-,13?/m1/s1. The van der Waals surface area contributed by atoms with Crippen LogP contribution < -0.4 is 0 Å². The number of carbonyl (C=O) groups is 1. The molecule has 108 valence electrons. The highest BCUT2D eigenvalue weighted by Crippen LogP contribution is 2.44. The number of aliphatic carboxylic acids is 1. The number of ether oxygens (including phenoxy) is 2. The predicted octanol–water partition coefficient (Wildman–Crippen LogP) is 1.21. The third-order valence-electron chi connectivity index (χ3n) is 4.14. The molecule has 19 heavy (non-hydrogen) atoms. The maximum atomic E-state index is 10.4. The number of hydrogen-bond acceptors (Lipinski definition) is 4. The molecule has 2 fully saturated rings. The van der Waals surface area contributed by atoms with Crippen LogP contribution in [0.25, 0.3) is 0 Å². The Kier molecular flexibility index (Phi) is 4.96. The van der Waals surface area contributed by atoms with Gasteiger partial charge in [-0.25, -0.2) is 4.79 Å². The van der Waals surface area contributed by atoms with Crippen LogP contribution in [0, 0.1) is 11.8 Å². The molecule has 0 aliphatic carbocycles. The summed E-state index contributed by atoms with van der Waals surface area (Å²) in [4.78, 5) is 10.4. The Bertz CT molecular complexity index is 341. The summed E-state index contributed by atoms with van der Waals surface area (Å²) in [6, 6.07) is 0. The Balaban J connectivity index is 1.72. The van der Waals surface area contributed by atoms with Gasteiger partial charge in [-0.3, -0.25) is 0 Å². The molecule has 0 aromatic heterocycles. The zero-order valence-electron chi connectivity index (χ0n) is 11.2. The second-order valence-corrected chi connectivity index (χ2v) is 5.36. The van der Waals surface area contributed by atoms with E-state index in [2.05, 4.69) is 0 Å². The molecule has 5 atom stereocenters. The van der Waals surface area contributed by atoms with Gasteiger partial charge >= 0.3 is 5.97 Å². The van der Waals surface area contributed by atoms with Crippen molar-refractivity contribution in [3.63, 3.8) is 0 Å². The lowest BCUT2D eigenvalue weighted by Crippen LogP contribution is -2.31. The van der Waals surface area contributed by atoms with E-state index in [1.165, 1.54) is 6.08 Å². The molecule has 5 nitrogen and oxygen atoms in total. The fraction of sp³-hybridized carbons (Fsp3) is 0.786. The molecule has 1 unspecified atom stereocenters. The SMILES string of the molecule is C[C@H](C=CC(=O)O)OCC[C@@H]1[C@H](CO)C2CC[C@H]1O2. The van der Waals surface area contributed by atoms with Gasteiger partial charge in [-0.2, -0.15) is 0 Å². The second-order valence-electron chi connectivity index (χ2n) is 5.36. The van der Waals surface area contributed by atoms with Gasteiger partial charge in [0.15, 0.2) is 0 Å². The molecular formula is C14H22O5. The number of rotatable bonds is 7. The van der Waals surface area contributed by atoms with Crippen LogP contribution in [-0.4, -0.2) is 47.7 Å². The van der Waals surface area contributed by atoms with Gasteiger partial charge in [-0.15, -0.1) is 0 Å². The Labute approximate surface area is 113 Å². The molecule has 0 saturated carbocycles. The normalized spacial score (nSPS) is 35.1. The van der Waals surface area contributed by atoms with Crippen LogP contribution >= 0.6 is 0 Å². The third-order valence-corrected chi connectivity index (χ3v) is 4.14. The van der Waals surface area contributed by atoms with E-state index in [0.717, 1.165) is 25.3 Å². The van der Waals surface area contributed by atoms with E-state index in [9.17, 15) is 9.90 Å². The molecule has 5 heteroatoms. The summed E-state index contributed by atoms with van der Waals surface area (Å²) in [5.74, 6) is -0.344. The number of aliphatic hydroxyl groups excluding tert-OH is 1. The lowest BCUT2D eigenvalue weighted by Gasteiger charge is -2.26. The van der Waals surface area contributed by atoms with Gasteiger partial charge in [0.25, 0.3) is 0 Å². The topological polar surface area (TPSA) is 76.0 Å². The number of carboxylic acid groups (broad SMARTS) is 1. The van der Waals surface area contributed by atoms with Gasteiger partial charge in [0.2, 0.25) is 0 Å². The maximum absolute atomic E-state index is 10.4. The van der Waals surface area contributed by atoms with Gasteiger partial charge in [0.05, 0.1) is 18.3 Å². The molecule has 2 aliphatic rings. The smallest absolute Gasteiger partial charge is 0.328 e. The highest BCUT2D eigenvalue weighted by atomic mass is 16.5. The number of carboxylic acids is 1. The molecule has 0 aromatic rings. The molecule has 0 spiro atoms. The van der Waals surface area contributed by atoms with E-state index < -0.39 is 5.97 Å². The van der Waals surface area contributed by atoms with Crippen LogP contribution in [0.1, 0.15) is 26.2 Å². The monoisotopic (exact) mass is 270 g/mol. The molecule has 2 heterocycles. The van der Waals surface area contributed by atoms with Crippen molar-refractivity contribution in [2.24, 2.45) is 11.8 Å². The van der Waals surface area contributed by atoms with Crippen LogP contribution in [0.3, 0.4) is 0 Å². The molecule has 2 saturated heterocycles. The maximum Gasteiger partial charge on any atom is 0.328 e. The van der Waals surface area contributed by atoms with E-state index in [1.54, 1.807) is 0 Å².